The molecule has 1 aromatic heterocycles. The summed E-state index contributed by atoms with van der Waals surface area (Å²) in [6, 6.07) is 4.06. The maximum Gasteiger partial charge on any atom is 0.267 e. The van der Waals surface area contributed by atoms with E-state index in [4.69, 9.17) is 11.6 Å². The lowest BCUT2D eigenvalue weighted by Gasteiger charge is -2.07. The van der Waals surface area contributed by atoms with Crippen molar-refractivity contribution in [3.05, 3.63) is 61.1 Å². The Kier molecular flexibility index (Phi) is 3.78. The molecular weight excluding hydrogens is 357 g/mol. The monoisotopic (exact) mass is 364 g/mol. The van der Waals surface area contributed by atoms with Crippen LogP contribution in [-0.4, -0.2) is 9.55 Å². The summed E-state index contributed by atoms with van der Waals surface area (Å²) in [5.74, 6) is -0.379. The van der Waals surface area contributed by atoms with Gasteiger partial charge in [-0.15, -0.1) is 0 Å². The van der Waals surface area contributed by atoms with E-state index in [0.717, 1.165) is 0 Å². The minimum atomic E-state index is -0.379. The Morgan fingerprint density at radius 2 is 2.24 bits per heavy atom. The van der Waals surface area contributed by atoms with Crippen LogP contribution in [0.25, 0.3) is 0 Å². The van der Waals surface area contributed by atoms with Crippen molar-refractivity contribution in [3.8, 4) is 0 Å². The van der Waals surface area contributed by atoms with Crippen LogP contribution in [0.5, 0.6) is 0 Å². The zero-order chi connectivity index (χ0) is 12.4. The highest BCUT2D eigenvalue weighted by atomic mass is 127. The molecule has 0 spiro atoms. The summed E-state index contributed by atoms with van der Waals surface area (Å²) in [5.41, 5.74) is 0.387. The number of nitrogens with zero attached hydrogens (tertiary/aromatic N) is 2. The van der Waals surface area contributed by atoms with E-state index in [0.29, 0.717) is 14.2 Å². The van der Waals surface area contributed by atoms with Gasteiger partial charge in [-0.2, -0.15) is 0 Å². The molecule has 0 atom stereocenters. The molecule has 1 heterocycles. The molecule has 0 fully saturated rings. The largest absolute Gasteiger partial charge is 0.294 e. The van der Waals surface area contributed by atoms with Crippen molar-refractivity contribution in [2.24, 2.45) is 0 Å². The third kappa shape index (κ3) is 2.84. The Balaban J connectivity index is 2.41. The van der Waals surface area contributed by atoms with Gasteiger partial charge in [-0.3, -0.25) is 9.36 Å². The number of aromatic nitrogens is 2. The van der Waals surface area contributed by atoms with Crippen LogP contribution >= 0.6 is 34.2 Å². The highest BCUT2D eigenvalue weighted by Gasteiger charge is 2.06. The molecule has 0 saturated heterocycles. The van der Waals surface area contributed by atoms with Gasteiger partial charge >= 0.3 is 0 Å². The SMILES string of the molecule is O=c1c(I)cncn1Cc1cc(F)ccc1Cl. The van der Waals surface area contributed by atoms with Crippen molar-refractivity contribution in [3.63, 3.8) is 0 Å². The van der Waals surface area contributed by atoms with Gasteiger partial charge in [-0.25, -0.2) is 9.37 Å². The second-order valence-electron chi connectivity index (χ2n) is 3.41. The molecule has 2 rings (SSSR count). The van der Waals surface area contributed by atoms with Gasteiger partial charge in [0.1, 0.15) is 5.82 Å². The van der Waals surface area contributed by atoms with Crippen LogP contribution in [0.4, 0.5) is 4.39 Å². The van der Waals surface area contributed by atoms with Gasteiger partial charge in [0.2, 0.25) is 0 Å². The molecule has 6 heteroatoms. The summed E-state index contributed by atoms with van der Waals surface area (Å²) < 4.78 is 15.0. The third-order valence-electron chi connectivity index (χ3n) is 2.21. The normalized spacial score (nSPS) is 10.5. The van der Waals surface area contributed by atoms with Crippen LogP contribution in [-0.2, 0) is 6.54 Å². The Bertz CT molecular complexity index is 615. The first-order valence-electron chi connectivity index (χ1n) is 4.72. The lowest BCUT2D eigenvalue weighted by molar-refractivity contribution is 0.622. The Morgan fingerprint density at radius 1 is 1.47 bits per heavy atom. The summed E-state index contributed by atoms with van der Waals surface area (Å²) in [7, 11) is 0. The summed E-state index contributed by atoms with van der Waals surface area (Å²) in [6.45, 7) is 0.208. The van der Waals surface area contributed by atoms with Gasteiger partial charge in [0.05, 0.1) is 16.4 Å². The van der Waals surface area contributed by atoms with Crippen molar-refractivity contribution < 1.29 is 4.39 Å². The van der Waals surface area contributed by atoms with E-state index < -0.39 is 0 Å². The number of hydrogen-bond acceptors (Lipinski definition) is 2. The highest BCUT2D eigenvalue weighted by molar-refractivity contribution is 14.1. The fourth-order valence-corrected chi connectivity index (χ4v) is 2.03. The molecule has 0 saturated carbocycles. The maximum atomic E-state index is 13.1. The van der Waals surface area contributed by atoms with Crippen molar-refractivity contribution >= 4 is 34.2 Å². The molecule has 0 unspecified atom stereocenters. The summed E-state index contributed by atoms with van der Waals surface area (Å²) in [5, 5.41) is 0.428. The van der Waals surface area contributed by atoms with Crippen LogP contribution in [0.1, 0.15) is 5.56 Å². The number of rotatable bonds is 2. The van der Waals surface area contributed by atoms with Crippen LogP contribution < -0.4 is 5.56 Å². The Morgan fingerprint density at radius 3 is 3.00 bits per heavy atom. The minimum absolute atomic E-state index is 0.166. The number of benzene rings is 1. The molecule has 0 aliphatic carbocycles. The Labute approximate surface area is 115 Å². The molecule has 17 heavy (non-hydrogen) atoms. The maximum absolute atomic E-state index is 13.1. The third-order valence-corrected chi connectivity index (χ3v) is 3.32. The minimum Gasteiger partial charge on any atom is -0.294 e. The van der Waals surface area contributed by atoms with Crippen LogP contribution in [0, 0.1) is 9.39 Å². The average Bonchev–Trinajstić information content (AvgIpc) is 2.30. The molecule has 1 aromatic carbocycles. The fourth-order valence-electron chi connectivity index (χ4n) is 1.38. The lowest BCUT2D eigenvalue weighted by atomic mass is 10.2. The van der Waals surface area contributed by atoms with Gasteiger partial charge in [-0.1, -0.05) is 11.6 Å². The fraction of sp³-hybridized carbons (Fsp3) is 0.0909. The van der Waals surface area contributed by atoms with Crippen molar-refractivity contribution in [2.75, 3.05) is 0 Å². The second kappa shape index (κ2) is 5.14. The Hall–Kier alpha value is -0.950. The standard InChI is InChI=1S/C11H7ClFIN2O/c12-9-2-1-8(13)3-7(9)5-16-6-15-4-10(14)11(16)17/h1-4,6H,5H2. The molecule has 0 amide bonds. The number of halogens is 3. The predicted molar refractivity (Wildman–Crippen MR) is 71.7 cm³/mol. The van der Waals surface area contributed by atoms with E-state index in [1.54, 1.807) is 0 Å². The first-order chi connectivity index (χ1) is 8.08. The van der Waals surface area contributed by atoms with E-state index >= 15 is 0 Å². The van der Waals surface area contributed by atoms with Crippen LogP contribution in [0.15, 0.2) is 35.5 Å². The molecule has 0 bridgehead atoms. The zero-order valence-electron chi connectivity index (χ0n) is 8.53. The van der Waals surface area contributed by atoms with E-state index in [9.17, 15) is 9.18 Å². The predicted octanol–water partition coefficient (Wildman–Crippen LogP) is 2.69. The quantitative estimate of drug-likeness (QED) is 0.768. The van der Waals surface area contributed by atoms with Crippen LogP contribution in [0.2, 0.25) is 5.02 Å². The van der Waals surface area contributed by atoms with Gasteiger partial charge < -0.3 is 0 Å². The first-order valence-corrected chi connectivity index (χ1v) is 6.17. The molecule has 0 N–H and O–H groups in total. The zero-order valence-corrected chi connectivity index (χ0v) is 11.4. The van der Waals surface area contributed by atoms with Gasteiger partial charge in [0.25, 0.3) is 5.56 Å². The smallest absolute Gasteiger partial charge is 0.267 e. The van der Waals surface area contributed by atoms with E-state index in [1.807, 2.05) is 22.6 Å². The molecule has 88 valence electrons. The van der Waals surface area contributed by atoms with E-state index in [1.165, 1.54) is 35.3 Å². The second-order valence-corrected chi connectivity index (χ2v) is 4.98. The summed E-state index contributed by atoms with van der Waals surface area (Å²) in [4.78, 5) is 15.7. The van der Waals surface area contributed by atoms with E-state index in [2.05, 4.69) is 4.98 Å². The average molecular weight is 365 g/mol. The van der Waals surface area contributed by atoms with Gasteiger partial charge in [-0.05, 0) is 46.4 Å². The van der Waals surface area contributed by atoms with Crippen LogP contribution in [0.3, 0.4) is 0 Å². The van der Waals surface area contributed by atoms with E-state index in [-0.39, 0.29) is 17.9 Å². The topological polar surface area (TPSA) is 34.9 Å². The molecular formula is C11H7ClFIN2O. The molecule has 0 aliphatic heterocycles. The van der Waals surface area contributed by atoms with Crippen molar-refractivity contribution in [1.82, 2.24) is 9.55 Å². The van der Waals surface area contributed by atoms with Crippen molar-refractivity contribution in [2.45, 2.75) is 6.54 Å². The molecule has 0 radical (unpaired) electrons. The number of hydrogen-bond donors (Lipinski definition) is 0. The summed E-state index contributed by atoms with van der Waals surface area (Å²) in [6.07, 6.45) is 2.89. The lowest BCUT2D eigenvalue weighted by Crippen LogP contribution is -2.23. The molecule has 2 aromatic rings. The van der Waals surface area contributed by atoms with Crippen molar-refractivity contribution in [1.29, 1.82) is 0 Å². The first kappa shape index (κ1) is 12.5. The molecule has 3 nitrogen and oxygen atoms in total. The summed E-state index contributed by atoms with van der Waals surface area (Å²) >= 11 is 7.84. The molecule has 0 aliphatic rings. The van der Waals surface area contributed by atoms with Gasteiger partial charge in [0.15, 0.2) is 0 Å². The highest BCUT2D eigenvalue weighted by Crippen LogP contribution is 2.17. The van der Waals surface area contributed by atoms with Gasteiger partial charge in [0, 0.05) is 11.2 Å².